The van der Waals surface area contributed by atoms with E-state index < -0.39 is 0 Å². The molecular formula is C14H22N2OS. The van der Waals surface area contributed by atoms with Crippen molar-refractivity contribution in [1.82, 2.24) is 4.90 Å². The number of hydrogen-bond acceptors (Lipinski definition) is 4. The number of hydrogen-bond donors (Lipinski definition) is 1. The summed E-state index contributed by atoms with van der Waals surface area (Å²) in [5, 5.41) is 2.16. The topological polar surface area (TPSA) is 38.5 Å². The molecule has 1 aliphatic heterocycles. The summed E-state index contributed by atoms with van der Waals surface area (Å²) in [5.41, 5.74) is 6.20. The van der Waals surface area contributed by atoms with Crippen molar-refractivity contribution in [1.29, 1.82) is 0 Å². The van der Waals surface area contributed by atoms with Crippen LogP contribution >= 0.6 is 11.3 Å². The van der Waals surface area contributed by atoms with Gasteiger partial charge in [0.1, 0.15) is 0 Å². The van der Waals surface area contributed by atoms with Crippen molar-refractivity contribution < 1.29 is 4.74 Å². The molecule has 3 rings (SSSR count). The second-order valence-electron chi connectivity index (χ2n) is 5.52. The fourth-order valence-corrected chi connectivity index (χ4v) is 3.69. The van der Waals surface area contributed by atoms with Gasteiger partial charge < -0.3 is 10.5 Å². The van der Waals surface area contributed by atoms with Crippen molar-refractivity contribution in [3.63, 3.8) is 0 Å². The highest BCUT2D eigenvalue weighted by atomic mass is 32.1. The van der Waals surface area contributed by atoms with Gasteiger partial charge in [0.05, 0.1) is 12.1 Å². The molecule has 1 unspecified atom stereocenters. The zero-order chi connectivity index (χ0) is 12.4. The number of ether oxygens (including phenoxy) is 1. The van der Waals surface area contributed by atoms with Crippen LogP contribution in [0, 0.1) is 0 Å². The van der Waals surface area contributed by atoms with Gasteiger partial charge in [0.25, 0.3) is 0 Å². The van der Waals surface area contributed by atoms with Crippen LogP contribution in [0.4, 0.5) is 0 Å². The second kappa shape index (κ2) is 5.29. The summed E-state index contributed by atoms with van der Waals surface area (Å²) < 4.78 is 5.74. The van der Waals surface area contributed by atoms with Crippen molar-refractivity contribution in [2.24, 2.45) is 5.73 Å². The van der Waals surface area contributed by atoms with Crippen molar-refractivity contribution in [2.45, 2.75) is 43.8 Å². The Balaban J connectivity index is 1.78. The normalized spacial score (nSPS) is 28.8. The summed E-state index contributed by atoms with van der Waals surface area (Å²) in [6.45, 7) is 3.47. The first-order valence-corrected chi connectivity index (χ1v) is 7.79. The molecule has 1 aromatic heterocycles. The van der Waals surface area contributed by atoms with Gasteiger partial charge in [-0.2, -0.15) is 0 Å². The van der Waals surface area contributed by atoms with Gasteiger partial charge in [-0.25, -0.2) is 0 Å². The molecule has 0 bridgehead atoms. The van der Waals surface area contributed by atoms with Crippen molar-refractivity contribution in [2.75, 3.05) is 19.8 Å². The first-order chi connectivity index (χ1) is 8.84. The molecule has 1 atom stereocenters. The fourth-order valence-electron chi connectivity index (χ4n) is 2.98. The molecule has 2 N–H and O–H groups in total. The third-order valence-corrected chi connectivity index (χ3v) is 5.05. The lowest BCUT2D eigenvalue weighted by Gasteiger charge is -2.45. The molecule has 0 amide bonds. The first kappa shape index (κ1) is 12.6. The number of nitrogens with zero attached hydrogens (tertiary/aromatic N) is 1. The van der Waals surface area contributed by atoms with Gasteiger partial charge in [-0.3, -0.25) is 4.90 Å². The number of rotatable bonds is 5. The van der Waals surface area contributed by atoms with E-state index in [0.29, 0.717) is 0 Å². The molecule has 18 heavy (non-hydrogen) atoms. The van der Waals surface area contributed by atoms with Crippen LogP contribution in [0.2, 0.25) is 0 Å². The molecule has 2 aliphatic rings. The van der Waals surface area contributed by atoms with E-state index in [9.17, 15) is 0 Å². The van der Waals surface area contributed by atoms with E-state index in [1.54, 1.807) is 0 Å². The van der Waals surface area contributed by atoms with Gasteiger partial charge >= 0.3 is 0 Å². The molecule has 1 aromatic rings. The zero-order valence-electron chi connectivity index (χ0n) is 10.8. The van der Waals surface area contributed by atoms with Crippen LogP contribution in [0.1, 0.15) is 30.6 Å². The fraction of sp³-hybridized carbons (Fsp3) is 0.714. The predicted molar refractivity (Wildman–Crippen MR) is 74.7 cm³/mol. The Morgan fingerprint density at radius 2 is 2.39 bits per heavy atom. The molecule has 0 radical (unpaired) electrons. The minimum absolute atomic E-state index is 0.0867. The van der Waals surface area contributed by atoms with Gasteiger partial charge in [0.15, 0.2) is 0 Å². The molecule has 2 fully saturated rings. The van der Waals surface area contributed by atoms with Crippen molar-refractivity contribution in [3.05, 3.63) is 22.4 Å². The second-order valence-corrected chi connectivity index (χ2v) is 6.56. The highest BCUT2D eigenvalue weighted by molar-refractivity contribution is 7.09. The van der Waals surface area contributed by atoms with Crippen LogP contribution in [0.15, 0.2) is 17.5 Å². The summed E-state index contributed by atoms with van der Waals surface area (Å²) >= 11 is 1.85. The lowest BCUT2D eigenvalue weighted by Crippen LogP contribution is -2.59. The average molecular weight is 266 g/mol. The minimum atomic E-state index is 0.0867. The third kappa shape index (κ3) is 2.48. The highest BCUT2D eigenvalue weighted by Gasteiger charge is 2.44. The van der Waals surface area contributed by atoms with Gasteiger partial charge in [-0.1, -0.05) is 6.07 Å². The van der Waals surface area contributed by atoms with E-state index >= 15 is 0 Å². The van der Waals surface area contributed by atoms with Crippen molar-refractivity contribution in [3.8, 4) is 0 Å². The van der Waals surface area contributed by atoms with Gasteiger partial charge in [-0.05, 0) is 37.1 Å². The van der Waals surface area contributed by atoms with E-state index in [1.165, 1.54) is 24.1 Å². The number of thiophene rings is 1. The van der Waals surface area contributed by atoms with E-state index in [2.05, 4.69) is 22.4 Å². The Hall–Kier alpha value is -0.420. The van der Waals surface area contributed by atoms with Crippen LogP contribution in [0.3, 0.4) is 0 Å². The monoisotopic (exact) mass is 266 g/mol. The molecule has 2 heterocycles. The van der Waals surface area contributed by atoms with Crippen LogP contribution in [0.25, 0.3) is 0 Å². The maximum absolute atomic E-state index is 6.12. The molecule has 1 saturated carbocycles. The Labute approximate surface area is 113 Å². The molecular weight excluding hydrogens is 244 g/mol. The summed E-state index contributed by atoms with van der Waals surface area (Å²) in [6.07, 6.45) is 4.98. The van der Waals surface area contributed by atoms with E-state index in [0.717, 1.165) is 38.8 Å². The summed E-state index contributed by atoms with van der Waals surface area (Å²) in [4.78, 5) is 4.08. The first-order valence-electron chi connectivity index (χ1n) is 6.91. The smallest absolute Gasteiger partial charge is 0.0663 e. The Bertz CT molecular complexity index is 369. The average Bonchev–Trinajstić information content (AvgIpc) is 3.13. The summed E-state index contributed by atoms with van der Waals surface area (Å²) in [6, 6.07) is 5.10. The van der Waals surface area contributed by atoms with Gasteiger partial charge in [0, 0.05) is 30.6 Å². The van der Waals surface area contributed by atoms with Crippen LogP contribution in [-0.4, -0.2) is 36.2 Å². The van der Waals surface area contributed by atoms with Crippen LogP contribution in [-0.2, 0) is 11.3 Å². The van der Waals surface area contributed by atoms with E-state index in [1.807, 2.05) is 11.3 Å². The molecule has 100 valence electrons. The van der Waals surface area contributed by atoms with Crippen molar-refractivity contribution >= 4 is 11.3 Å². The molecule has 1 saturated heterocycles. The summed E-state index contributed by atoms with van der Waals surface area (Å²) in [5.74, 6) is 0. The molecule has 3 nitrogen and oxygen atoms in total. The maximum Gasteiger partial charge on any atom is 0.0663 e. The molecule has 0 aromatic carbocycles. The van der Waals surface area contributed by atoms with Crippen LogP contribution < -0.4 is 5.73 Å². The lowest BCUT2D eigenvalue weighted by molar-refractivity contribution is -0.0526. The predicted octanol–water partition coefficient (Wildman–Crippen LogP) is 2.22. The van der Waals surface area contributed by atoms with Crippen LogP contribution in [0.5, 0.6) is 0 Å². The van der Waals surface area contributed by atoms with Gasteiger partial charge in [-0.15, -0.1) is 11.3 Å². The molecule has 1 aliphatic carbocycles. The zero-order valence-corrected chi connectivity index (χ0v) is 11.6. The van der Waals surface area contributed by atoms with E-state index in [-0.39, 0.29) is 5.54 Å². The Morgan fingerprint density at radius 3 is 2.94 bits per heavy atom. The Kier molecular flexibility index (Phi) is 3.71. The highest BCUT2D eigenvalue weighted by Crippen LogP contribution is 2.38. The molecule has 0 spiro atoms. The lowest BCUT2D eigenvalue weighted by atomic mass is 9.90. The van der Waals surface area contributed by atoms with E-state index in [4.69, 9.17) is 10.5 Å². The maximum atomic E-state index is 6.12. The Morgan fingerprint density at radius 1 is 1.50 bits per heavy atom. The van der Waals surface area contributed by atoms with Gasteiger partial charge in [0.2, 0.25) is 0 Å². The summed E-state index contributed by atoms with van der Waals surface area (Å²) in [7, 11) is 0. The molecule has 4 heteroatoms. The third-order valence-electron chi connectivity index (χ3n) is 4.18. The standard InChI is InChI=1S/C14H22N2OS/c15-10-14(6-2-7-17-11-14)16(12-4-5-12)9-13-3-1-8-18-13/h1,3,8,12H,2,4-7,9-11,15H2. The largest absolute Gasteiger partial charge is 0.379 e. The number of nitrogens with two attached hydrogens (primary N) is 1. The minimum Gasteiger partial charge on any atom is -0.379 e. The quantitative estimate of drug-likeness (QED) is 0.888. The SMILES string of the molecule is NCC1(N(Cc2cccs2)C2CC2)CCCOC1.